The average Bonchev–Trinajstić information content (AvgIpc) is 2.77. The summed E-state index contributed by atoms with van der Waals surface area (Å²) in [6, 6.07) is 0. The molecular weight excluding hydrogens is 326 g/mol. The number of aryl methyl sites for hydroxylation is 1. The van der Waals surface area contributed by atoms with Crippen LogP contribution in [0.1, 0.15) is 17.5 Å². The molecule has 0 aliphatic rings. The number of aromatic nitrogens is 3. The first-order valence-electron chi connectivity index (χ1n) is 5.98. The maximum Gasteiger partial charge on any atom is 0.224 e. The molecule has 0 fully saturated rings. The molecule has 19 heavy (non-hydrogen) atoms. The van der Waals surface area contributed by atoms with Crippen molar-refractivity contribution in [1.82, 2.24) is 15.0 Å². The zero-order valence-electron chi connectivity index (χ0n) is 11.1. The maximum atomic E-state index is 4.51. The minimum Gasteiger partial charge on any atom is -0.354 e. The third-order valence-electron chi connectivity index (χ3n) is 2.65. The van der Waals surface area contributed by atoms with Gasteiger partial charge in [-0.1, -0.05) is 0 Å². The molecule has 0 amide bonds. The van der Waals surface area contributed by atoms with Crippen LogP contribution in [0.3, 0.4) is 0 Å². The third-order valence-corrected chi connectivity index (χ3v) is 4.13. The molecule has 2 aromatic heterocycles. The van der Waals surface area contributed by atoms with E-state index in [4.69, 9.17) is 0 Å². The van der Waals surface area contributed by atoms with Crippen LogP contribution in [0.15, 0.2) is 16.2 Å². The molecule has 0 bridgehead atoms. The van der Waals surface area contributed by atoms with Crippen LogP contribution in [0, 0.1) is 6.92 Å². The molecule has 2 aromatic rings. The molecule has 5 nitrogen and oxygen atoms in total. The monoisotopic (exact) mass is 341 g/mol. The van der Waals surface area contributed by atoms with Crippen LogP contribution in [0.2, 0.25) is 0 Å². The van der Waals surface area contributed by atoms with Crippen LogP contribution >= 0.6 is 27.3 Å². The first kappa shape index (κ1) is 14.2. The average molecular weight is 342 g/mol. The summed E-state index contributed by atoms with van der Waals surface area (Å²) in [4.78, 5) is 16.3. The molecule has 0 aliphatic heterocycles. The third kappa shape index (κ3) is 3.42. The first-order valence-corrected chi connectivity index (χ1v) is 7.65. The van der Waals surface area contributed by atoms with Crippen LogP contribution in [0.4, 0.5) is 11.8 Å². The number of hydrogen-bond acceptors (Lipinski definition) is 6. The van der Waals surface area contributed by atoms with Crippen molar-refractivity contribution in [3.05, 3.63) is 26.8 Å². The number of rotatable bonds is 5. The van der Waals surface area contributed by atoms with Gasteiger partial charge in [-0.05, 0) is 29.8 Å². The lowest BCUT2D eigenvalue weighted by atomic mass is 10.3. The quantitative estimate of drug-likeness (QED) is 0.905. The lowest BCUT2D eigenvalue weighted by molar-refractivity contribution is 0.888. The van der Waals surface area contributed by atoms with Gasteiger partial charge in [-0.3, -0.25) is 0 Å². The molecule has 0 aromatic carbocycles. The van der Waals surface area contributed by atoms with E-state index in [0.29, 0.717) is 5.95 Å². The largest absolute Gasteiger partial charge is 0.354 e. The summed E-state index contributed by atoms with van der Waals surface area (Å²) in [6.07, 6.45) is 1.77. The molecule has 7 heteroatoms. The summed E-state index contributed by atoms with van der Waals surface area (Å²) in [5.74, 6) is 1.52. The SMILES string of the molecule is CCNc1ncc(Br)c(N(C)Cc2scnc2C)n1. The van der Waals surface area contributed by atoms with Gasteiger partial charge >= 0.3 is 0 Å². The highest BCUT2D eigenvalue weighted by atomic mass is 79.9. The molecule has 0 radical (unpaired) electrons. The van der Waals surface area contributed by atoms with Crippen molar-refractivity contribution in [1.29, 1.82) is 0 Å². The Morgan fingerprint density at radius 3 is 2.84 bits per heavy atom. The van der Waals surface area contributed by atoms with Gasteiger partial charge in [0.1, 0.15) is 5.82 Å². The Labute approximate surface area is 125 Å². The van der Waals surface area contributed by atoms with E-state index in [0.717, 1.165) is 29.1 Å². The first-order chi connectivity index (χ1) is 9.11. The van der Waals surface area contributed by atoms with Crippen LogP contribution < -0.4 is 10.2 Å². The minimum absolute atomic E-state index is 0.647. The molecule has 0 saturated heterocycles. The second-order valence-electron chi connectivity index (χ2n) is 4.11. The lowest BCUT2D eigenvalue weighted by Crippen LogP contribution is -2.19. The van der Waals surface area contributed by atoms with Crippen molar-refractivity contribution in [3.63, 3.8) is 0 Å². The van der Waals surface area contributed by atoms with Crippen molar-refractivity contribution < 1.29 is 0 Å². The van der Waals surface area contributed by atoms with E-state index in [1.54, 1.807) is 17.5 Å². The molecule has 1 N–H and O–H groups in total. The van der Waals surface area contributed by atoms with Crippen LogP contribution in [-0.4, -0.2) is 28.5 Å². The number of nitrogens with zero attached hydrogens (tertiary/aromatic N) is 4. The van der Waals surface area contributed by atoms with Gasteiger partial charge in [0, 0.05) is 24.7 Å². The molecule has 0 aliphatic carbocycles. The van der Waals surface area contributed by atoms with Gasteiger partial charge in [-0.25, -0.2) is 9.97 Å². The lowest BCUT2D eigenvalue weighted by Gasteiger charge is -2.19. The summed E-state index contributed by atoms with van der Waals surface area (Å²) in [5.41, 5.74) is 2.95. The molecule has 0 saturated carbocycles. The Morgan fingerprint density at radius 2 is 2.21 bits per heavy atom. The fourth-order valence-corrected chi connectivity index (χ4v) is 2.96. The summed E-state index contributed by atoms with van der Waals surface area (Å²) >= 11 is 5.16. The predicted octanol–water partition coefficient (Wildman–Crippen LogP) is 3.07. The second-order valence-corrected chi connectivity index (χ2v) is 5.91. The molecular formula is C12H16BrN5S. The highest BCUT2D eigenvalue weighted by molar-refractivity contribution is 9.10. The van der Waals surface area contributed by atoms with E-state index in [2.05, 4.69) is 41.1 Å². The molecule has 0 unspecified atom stereocenters. The molecule has 2 rings (SSSR count). The Hall–Kier alpha value is -1.21. The van der Waals surface area contributed by atoms with Crippen molar-refractivity contribution in [2.75, 3.05) is 23.8 Å². The normalized spacial score (nSPS) is 10.5. The molecule has 0 spiro atoms. The number of anilines is 2. The maximum absolute atomic E-state index is 4.51. The number of thiazole rings is 1. The van der Waals surface area contributed by atoms with Crippen LogP contribution in [-0.2, 0) is 6.54 Å². The van der Waals surface area contributed by atoms with Crippen molar-refractivity contribution in [2.45, 2.75) is 20.4 Å². The van der Waals surface area contributed by atoms with Crippen molar-refractivity contribution in [2.24, 2.45) is 0 Å². The van der Waals surface area contributed by atoms with Gasteiger partial charge in [0.15, 0.2) is 0 Å². The molecule has 102 valence electrons. The Morgan fingerprint density at radius 1 is 1.42 bits per heavy atom. The summed E-state index contributed by atoms with van der Waals surface area (Å²) in [6.45, 7) is 5.64. The van der Waals surface area contributed by atoms with Gasteiger partial charge in [-0.2, -0.15) is 4.98 Å². The van der Waals surface area contributed by atoms with E-state index >= 15 is 0 Å². The Kier molecular flexibility index (Phi) is 4.71. The smallest absolute Gasteiger partial charge is 0.224 e. The van der Waals surface area contributed by atoms with Gasteiger partial charge in [0.2, 0.25) is 5.95 Å². The highest BCUT2D eigenvalue weighted by Gasteiger charge is 2.12. The molecule has 2 heterocycles. The van der Waals surface area contributed by atoms with E-state index < -0.39 is 0 Å². The van der Waals surface area contributed by atoms with E-state index in [1.807, 2.05) is 26.4 Å². The standard InChI is InChI=1S/C12H16BrN5S/c1-4-14-12-15-5-9(13)11(17-12)18(3)6-10-8(2)16-7-19-10/h5,7H,4,6H2,1-3H3,(H,14,15,17). The van der Waals surface area contributed by atoms with Crippen LogP contribution in [0.5, 0.6) is 0 Å². The van der Waals surface area contributed by atoms with E-state index in [1.165, 1.54) is 4.88 Å². The summed E-state index contributed by atoms with van der Waals surface area (Å²) in [5, 5.41) is 3.12. The predicted molar refractivity (Wildman–Crippen MR) is 82.9 cm³/mol. The second kappa shape index (κ2) is 6.29. The van der Waals surface area contributed by atoms with Crippen LogP contribution in [0.25, 0.3) is 0 Å². The fraction of sp³-hybridized carbons (Fsp3) is 0.417. The van der Waals surface area contributed by atoms with E-state index in [9.17, 15) is 0 Å². The number of hydrogen-bond donors (Lipinski definition) is 1. The zero-order chi connectivity index (χ0) is 13.8. The minimum atomic E-state index is 0.647. The highest BCUT2D eigenvalue weighted by Crippen LogP contribution is 2.26. The topological polar surface area (TPSA) is 53.9 Å². The summed E-state index contributed by atoms with van der Waals surface area (Å²) in [7, 11) is 2.02. The van der Waals surface area contributed by atoms with Gasteiger partial charge in [0.25, 0.3) is 0 Å². The van der Waals surface area contributed by atoms with Gasteiger partial charge in [0.05, 0.1) is 22.2 Å². The van der Waals surface area contributed by atoms with E-state index in [-0.39, 0.29) is 0 Å². The zero-order valence-corrected chi connectivity index (χ0v) is 13.5. The van der Waals surface area contributed by atoms with Gasteiger partial charge in [-0.15, -0.1) is 11.3 Å². The fourth-order valence-electron chi connectivity index (χ4n) is 1.64. The van der Waals surface area contributed by atoms with Crippen molar-refractivity contribution >= 4 is 39.0 Å². The Bertz CT molecular complexity index is 557. The van der Waals surface area contributed by atoms with Crippen molar-refractivity contribution in [3.8, 4) is 0 Å². The molecule has 0 atom stereocenters. The van der Waals surface area contributed by atoms with Gasteiger partial charge < -0.3 is 10.2 Å². The summed E-state index contributed by atoms with van der Waals surface area (Å²) < 4.78 is 0.888. The number of nitrogens with one attached hydrogen (secondary N) is 1. The Balaban J connectivity index is 2.20. The number of halogens is 1.